The summed E-state index contributed by atoms with van der Waals surface area (Å²) in [6.45, 7) is 0. The van der Waals surface area contributed by atoms with E-state index in [0.717, 1.165) is 12.8 Å². The molecule has 1 saturated carbocycles. The molecule has 2 aliphatic rings. The minimum Gasteiger partial charge on any atom is -0.480 e. The number of nitrogens with zero attached hydrogens (tertiary/aromatic N) is 1. The number of aliphatic imine (C=N–C) groups is 1. The highest BCUT2D eigenvalue weighted by Gasteiger charge is 2.36. The van der Waals surface area contributed by atoms with Crippen LogP contribution in [0.4, 0.5) is 0 Å². The first-order valence-corrected chi connectivity index (χ1v) is 4.55. The maximum absolute atomic E-state index is 10.8. The monoisotopic (exact) mass is 196 g/mol. The van der Waals surface area contributed by atoms with Gasteiger partial charge in [0.15, 0.2) is 6.04 Å². The van der Waals surface area contributed by atoms with Gasteiger partial charge in [0.25, 0.3) is 0 Å². The molecule has 2 atom stereocenters. The zero-order valence-electron chi connectivity index (χ0n) is 7.59. The lowest BCUT2D eigenvalue weighted by atomic mass is 10.1. The Kier molecular flexibility index (Phi) is 2.25. The minimum absolute atomic E-state index is 0.169. The average molecular weight is 196 g/mol. The van der Waals surface area contributed by atoms with Gasteiger partial charge in [0, 0.05) is 11.9 Å². The van der Waals surface area contributed by atoms with Crippen LogP contribution in [-0.2, 0) is 9.53 Å². The zero-order valence-corrected chi connectivity index (χ0v) is 7.59. The molecule has 0 aromatic carbocycles. The Labute approximate surface area is 81.3 Å². The van der Waals surface area contributed by atoms with Gasteiger partial charge in [0.2, 0.25) is 0 Å². The number of hydrogen-bond donors (Lipinski definition) is 2. The molecule has 0 spiro atoms. The lowest BCUT2D eigenvalue weighted by Gasteiger charge is -2.24. The van der Waals surface area contributed by atoms with Gasteiger partial charge in [0.1, 0.15) is 6.10 Å². The molecular weight excluding hydrogens is 184 g/mol. The number of carboxylic acids is 1. The molecule has 0 saturated heterocycles. The first-order chi connectivity index (χ1) is 6.68. The Morgan fingerprint density at radius 1 is 1.64 bits per heavy atom. The second-order valence-electron chi connectivity index (χ2n) is 3.50. The lowest BCUT2D eigenvalue weighted by Crippen LogP contribution is -2.40. The van der Waals surface area contributed by atoms with Crippen molar-refractivity contribution in [2.45, 2.75) is 31.1 Å². The molecule has 2 unspecified atom stereocenters. The van der Waals surface area contributed by atoms with Gasteiger partial charge in [-0.25, -0.2) is 4.79 Å². The fourth-order valence-corrected chi connectivity index (χ4v) is 1.33. The van der Waals surface area contributed by atoms with E-state index in [2.05, 4.69) is 4.99 Å². The lowest BCUT2D eigenvalue weighted by molar-refractivity contribution is -0.141. The average Bonchev–Trinajstić information content (AvgIpc) is 2.91. The highest BCUT2D eigenvalue weighted by atomic mass is 16.5. The van der Waals surface area contributed by atoms with Crippen molar-refractivity contribution in [3.05, 3.63) is 11.8 Å². The van der Waals surface area contributed by atoms with E-state index in [-0.39, 0.29) is 6.10 Å². The molecule has 0 amide bonds. The maximum Gasteiger partial charge on any atom is 0.331 e. The molecule has 1 fully saturated rings. The van der Waals surface area contributed by atoms with Crippen LogP contribution in [0.15, 0.2) is 16.8 Å². The van der Waals surface area contributed by atoms with Crippen LogP contribution >= 0.6 is 0 Å². The number of rotatable bonds is 3. The first kappa shape index (κ1) is 9.21. The number of aliphatic carboxylic acids is 1. The van der Waals surface area contributed by atoms with E-state index in [1.165, 1.54) is 6.21 Å². The summed E-state index contributed by atoms with van der Waals surface area (Å²) < 4.78 is 5.50. The number of allylic oxidation sites excluding steroid dienone is 1. The molecule has 3 N–H and O–H groups in total. The topological polar surface area (TPSA) is 84.9 Å². The Bertz CT molecular complexity index is 307. The predicted octanol–water partition coefficient (Wildman–Crippen LogP) is -0.0858. The van der Waals surface area contributed by atoms with E-state index < -0.39 is 18.1 Å². The quantitative estimate of drug-likeness (QED) is 0.660. The zero-order chi connectivity index (χ0) is 10.1. The van der Waals surface area contributed by atoms with Crippen molar-refractivity contribution in [3.8, 4) is 0 Å². The fourth-order valence-electron chi connectivity index (χ4n) is 1.33. The van der Waals surface area contributed by atoms with Crippen molar-refractivity contribution in [3.63, 3.8) is 0 Å². The highest BCUT2D eigenvalue weighted by molar-refractivity contribution is 5.83. The van der Waals surface area contributed by atoms with Crippen molar-refractivity contribution in [1.82, 2.24) is 0 Å². The normalized spacial score (nSPS) is 31.3. The van der Waals surface area contributed by atoms with E-state index in [1.54, 1.807) is 6.08 Å². The summed E-state index contributed by atoms with van der Waals surface area (Å²) in [5, 5.41) is 8.88. The van der Waals surface area contributed by atoms with E-state index in [0.29, 0.717) is 5.70 Å². The smallest absolute Gasteiger partial charge is 0.331 e. The molecule has 0 aromatic rings. The summed E-state index contributed by atoms with van der Waals surface area (Å²) in [4.78, 5) is 14.7. The van der Waals surface area contributed by atoms with Gasteiger partial charge in [-0.05, 0) is 18.9 Å². The highest BCUT2D eigenvalue weighted by Crippen LogP contribution is 2.28. The van der Waals surface area contributed by atoms with Gasteiger partial charge in [-0.2, -0.15) is 0 Å². The van der Waals surface area contributed by atoms with Crippen LogP contribution in [0.5, 0.6) is 0 Å². The number of dihydropyridines is 1. The number of nitrogens with two attached hydrogens (primary N) is 1. The Morgan fingerprint density at radius 2 is 2.36 bits per heavy atom. The summed E-state index contributed by atoms with van der Waals surface area (Å²) in [6.07, 6.45) is 4.56. The SMILES string of the molecule is NC1=CC=NC(C(=O)O)C1OC1CC1. The summed E-state index contributed by atoms with van der Waals surface area (Å²) in [7, 11) is 0. The number of carboxylic acid groups (broad SMARTS) is 1. The molecule has 76 valence electrons. The molecule has 1 aliphatic carbocycles. The molecule has 0 bridgehead atoms. The summed E-state index contributed by atoms with van der Waals surface area (Å²) >= 11 is 0. The van der Waals surface area contributed by atoms with Gasteiger partial charge < -0.3 is 15.6 Å². The van der Waals surface area contributed by atoms with E-state index in [4.69, 9.17) is 15.6 Å². The van der Waals surface area contributed by atoms with Crippen molar-refractivity contribution < 1.29 is 14.6 Å². The molecular formula is C9H12N2O3. The molecule has 14 heavy (non-hydrogen) atoms. The Morgan fingerprint density at radius 3 is 2.93 bits per heavy atom. The molecule has 0 aromatic heterocycles. The van der Waals surface area contributed by atoms with Crippen LogP contribution in [0.3, 0.4) is 0 Å². The largest absolute Gasteiger partial charge is 0.480 e. The minimum atomic E-state index is -0.997. The second-order valence-corrected chi connectivity index (χ2v) is 3.50. The van der Waals surface area contributed by atoms with Crippen LogP contribution in [0.25, 0.3) is 0 Å². The third-order valence-corrected chi connectivity index (χ3v) is 2.25. The van der Waals surface area contributed by atoms with E-state index in [1.807, 2.05) is 0 Å². The summed E-state index contributed by atoms with van der Waals surface area (Å²) in [5.41, 5.74) is 6.11. The van der Waals surface area contributed by atoms with Gasteiger partial charge in [-0.1, -0.05) is 0 Å². The van der Waals surface area contributed by atoms with Crippen LogP contribution in [0, 0.1) is 0 Å². The van der Waals surface area contributed by atoms with E-state index in [9.17, 15) is 4.79 Å². The van der Waals surface area contributed by atoms with Gasteiger partial charge >= 0.3 is 5.97 Å². The number of hydrogen-bond acceptors (Lipinski definition) is 4. The van der Waals surface area contributed by atoms with Gasteiger partial charge in [-0.15, -0.1) is 0 Å². The summed E-state index contributed by atoms with van der Waals surface area (Å²) in [6, 6.07) is -0.888. The van der Waals surface area contributed by atoms with Crippen LogP contribution in [0.1, 0.15) is 12.8 Å². The Balaban J connectivity index is 2.10. The first-order valence-electron chi connectivity index (χ1n) is 4.55. The third kappa shape index (κ3) is 1.77. The van der Waals surface area contributed by atoms with Crippen LogP contribution in [-0.4, -0.2) is 35.5 Å². The molecule has 0 radical (unpaired) electrons. The van der Waals surface area contributed by atoms with Crippen molar-refractivity contribution in [2.75, 3.05) is 0 Å². The summed E-state index contributed by atoms with van der Waals surface area (Å²) in [5.74, 6) is -0.997. The van der Waals surface area contributed by atoms with Gasteiger partial charge in [-0.3, -0.25) is 4.99 Å². The third-order valence-electron chi connectivity index (χ3n) is 2.25. The predicted molar refractivity (Wildman–Crippen MR) is 50.1 cm³/mol. The molecule has 2 rings (SSSR count). The van der Waals surface area contributed by atoms with Crippen molar-refractivity contribution in [2.24, 2.45) is 10.7 Å². The number of ether oxygens (including phenoxy) is 1. The van der Waals surface area contributed by atoms with Crippen molar-refractivity contribution in [1.29, 1.82) is 0 Å². The van der Waals surface area contributed by atoms with Crippen molar-refractivity contribution >= 4 is 12.2 Å². The van der Waals surface area contributed by atoms with E-state index >= 15 is 0 Å². The maximum atomic E-state index is 10.8. The molecule has 1 heterocycles. The molecule has 1 aliphatic heterocycles. The fraction of sp³-hybridized carbons (Fsp3) is 0.556. The van der Waals surface area contributed by atoms with Crippen LogP contribution < -0.4 is 5.73 Å². The Hall–Kier alpha value is -1.36. The molecule has 5 nitrogen and oxygen atoms in total. The van der Waals surface area contributed by atoms with Gasteiger partial charge in [0.05, 0.1) is 6.10 Å². The second kappa shape index (κ2) is 3.42. The number of carbonyl (C=O) groups is 1. The molecule has 5 heteroatoms. The van der Waals surface area contributed by atoms with Crippen LogP contribution in [0.2, 0.25) is 0 Å². The standard InChI is InChI=1S/C9H12N2O3/c10-6-3-4-11-7(9(12)13)8(6)14-5-1-2-5/h3-5,7-8H,1-2,10H2,(H,12,13).